The maximum atomic E-state index is 12.9. The van der Waals surface area contributed by atoms with E-state index in [1.165, 1.54) is 24.4 Å². The fourth-order valence-corrected chi connectivity index (χ4v) is 3.12. The molecule has 3 N–H and O–H groups in total. The van der Waals surface area contributed by atoms with Gasteiger partial charge in [0, 0.05) is 10.7 Å². The zero-order valence-electron chi connectivity index (χ0n) is 9.47. The van der Waals surface area contributed by atoms with Crippen molar-refractivity contribution in [3.63, 3.8) is 0 Å². The second-order valence-corrected chi connectivity index (χ2v) is 6.08. The molecule has 5 nitrogen and oxygen atoms in total. The lowest BCUT2D eigenvalue weighted by Crippen LogP contribution is -2.16. The summed E-state index contributed by atoms with van der Waals surface area (Å²) in [6.07, 6.45) is 1.32. The molecule has 0 spiro atoms. The van der Waals surface area contributed by atoms with Crippen LogP contribution in [0.1, 0.15) is 0 Å². The van der Waals surface area contributed by atoms with Gasteiger partial charge in [0.15, 0.2) is 5.03 Å². The highest BCUT2D eigenvalue weighted by Crippen LogP contribution is 2.26. The zero-order valence-corrected chi connectivity index (χ0v) is 11.9. The lowest BCUT2D eigenvalue weighted by atomic mass is 10.3. The van der Waals surface area contributed by atoms with Crippen LogP contribution in [0, 0.1) is 5.82 Å². The van der Waals surface area contributed by atoms with E-state index in [1.807, 2.05) is 0 Å². The van der Waals surface area contributed by atoms with Crippen molar-refractivity contribution in [3.05, 3.63) is 46.8 Å². The van der Waals surface area contributed by atoms with Crippen LogP contribution in [0.5, 0.6) is 0 Å². The quantitative estimate of drug-likeness (QED) is 0.894. The maximum absolute atomic E-state index is 12.9. The van der Waals surface area contributed by atoms with Gasteiger partial charge in [0.25, 0.3) is 10.0 Å². The summed E-state index contributed by atoms with van der Waals surface area (Å²) in [5, 5.41) is -0.272. The van der Waals surface area contributed by atoms with Crippen molar-refractivity contribution in [2.24, 2.45) is 0 Å². The Morgan fingerprint density at radius 2 is 2.05 bits per heavy atom. The Balaban J connectivity index is 2.40. The van der Waals surface area contributed by atoms with E-state index < -0.39 is 15.8 Å². The third kappa shape index (κ3) is 3.02. The molecular formula is C11H9BrFN3O2S. The Kier molecular flexibility index (Phi) is 3.72. The number of nitrogen functional groups attached to an aromatic ring is 1. The van der Waals surface area contributed by atoms with Crippen LogP contribution in [-0.4, -0.2) is 13.4 Å². The minimum Gasteiger partial charge on any atom is -0.396 e. The maximum Gasteiger partial charge on any atom is 0.281 e. The Hall–Kier alpha value is -1.67. The first-order valence-corrected chi connectivity index (χ1v) is 7.36. The molecular weight excluding hydrogens is 337 g/mol. The molecule has 0 radical (unpaired) electrons. The van der Waals surface area contributed by atoms with Crippen molar-refractivity contribution >= 4 is 37.3 Å². The van der Waals surface area contributed by atoms with Crippen molar-refractivity contribution in [1.82, 2.24) is 4.98 Å². The van der Waals surface area contributed by atoms with Crippen molar-refractivity contribution in [2.45, 2.75) is 5.03 Å². The summed E-state index contributed by atoms with van der Waals surface area (Å²) in [5.41, 5.74) is 5.80. The van der Waals surface area contributed by atoms with Crippen molar-refractivity contribution in [3.8, 4) is 0 Å². The summed E-state index contributed by atoms with van der Waals surface area (Å²) in [6.45, 7) is 0. The summed E-state index contributed by atoms with van der Waals surface area (Å²) >= 11 is 3.07. The third-order valence-corrected chi connectivity index (χ3v) is 4.23. The van der Waals surface area contributed by atoms with Gasteiger partial charge in [0.1, 0.15) is 5.82 Å². The number of sulfonamides is 1. The fourth-order valence-electron chi connectivity index (χ4n) is 1.39. The van der Waals surface area contributed by atoms with E-state index in [1.54, 1.807) is 0 Å². The minimum atomic E-state index is -3.92. The SMILES string of the molecule is Nc1cccnc1S(=O)(=O)Nc1ccc(F)cc1Br. The molecule has 1 aromatic carbocycles. The Bertz CT molecular complexity index is 722. The van der Waals surface area contributed by atoms with Crippen LogP contribution in [0.3, 0.4) is 0 Å². The number of hydrogen-bond acceptors (Lipinski definition) is 4. The first kappa shape index (κ1) is 13.8. The molecule has 0 aliphatic carbocycles. The highest BCUT2D eigenvalue weighted by molar-refractivity contribution is 9.10. The molecule has 0 unspecified atom stereocenters. The van der Waals surface area contributed by atoms with Gasteiger partial charge in [-0.1, -0.05) is 0 Å². The molecule has 8 heteroatoms. The third-order valence-electron chi connectivity index (χ3n) is 2.23. The minimum absolute atomic E-state index is 0.0354. The number of benzene rings is 1. The van der Waals surface area contributed by atoms with Crippen molar-refractivity contribution < 1.29 is 12.8 Å². The Morgan fingerprint density at radius 3 is 2.68 bits per heavy atom. The predicted octanol–water partition coefficient (Wildman–Crippen LogP) is 2.37. The largest absolute Gasteiger partial charge is 0.396 e. The number of nitrogens with one attached hydrogen (secondary N) is 1. The zero-order chi connectivity index (χ0) is 14.0. The molecule has 100 valence electrons. The Labute approximate surface area is 117 Å². The number of anilines is 2. The van der Waals surface area contributed by atoms with Crippen LogP contribution in [0.25, 0.3) is 0 Å². The van der Waals surface area contributed by atoms with Crippen LogP contribution in [0.15, 0.2) is 46.0 Å². The second-order valence-electron chi connectivity index (χ2n) is 3.63. The van der Waals surface area contributed by atoms with Gasteiger partial charge in [0.2, 0.25) is 0 Å². The molecule has 0 aliphatic rings. The number of aromatic nitrogens is 1. The molecule has 0 aliphatic heterocycles. The van der Waals surface area contributed by atoms with Crippen molar-refractivity contribution in [1.29, 1.82) is 0 Å². The van der Waals surface area contributed by atoms with Gasteiger partial charge in [-0.05, 0) is 46.3 Å². The summed E-state index contributed by atoms with van der Waals surface area (Å²) in [5.74, 6) is -0.479. The van der Waals surface area contributed by atoms with E-state index >= 15 is 0 Å². The van der Waals surface area contributed by atoms with E-state index in [9.17, 15) is 12.8 Å². The molecule has 0 saturated carbocycles. The van der Waals surface area contributed by atoms with Gasteiger partial charge in [-0.3, -0.25) is 4.72 Å². The lowest BCUT2D eigenvalue weighted by Gasteiger charge is -2.10. The van der Waals surface area contributed by atoms with Gasteiger partial charge in [-0.2, -0.15) is 8.42 Å². The normalized spacial score (nSPS) is 11.3. The molecule has 1 aromatic heterocycles. The summed E-state index contributed by atoms with van der Waals surface area (Å²) in [6, 6.07) is 6.56. The topological polar surface area (TPSA) is 85.1 Å². The number of nitrogens with two attached hydrogens (primary N) is 1. The van der Waals surface area contributed by atoms with Crippen LogP contribution in [0.4, 0.5) is 15.8 Å². The number of rotatable bonds is 3. The average molecular weight is 346 g/mol. The molecule has 1 heterocycles. The average Bonchev–Trinajstić information content (AvgIpc) is 2.33. The van der Waals surface area contributed by atoms with Gasteiger partial charge < -0.3 is 5.73 Å². The standard InChI is InChI=1S/C11H9BrFN3O2S/c12-8-6-7(13)3-4-10(8)16-19(17,18)11-9(14)2-1-5-15-11/h1-6,16H,14H2. The van der Waals surface area contributed by atoms with Gasteiger partial charge in [0.05, 0.1) is 11.4 Å². The number of halogens is 2. The molecule has 0 amide bonds. The van der Waals surface area contributed by atoms with Gasteiger partial charge in [-0.15, -0.1) is 0 Å². The van der Waals surface area contributed by atoms with E-state index in [-0.39, 0.29) is 20.9 Å². The Morgan fingerprint density at radius 1 is 1.32 bits per heavy atom. The van der Waals surface area contributed by atoms with Crippen LogP contribution in [-0.2, 0) is 10.0 Å². The first-order chi connectivity index (χ1) is 8.90. The molecule has 2 aromatic rings. The predicted molar refractivity (Wildman–Crippen MR) is 73.6 cm³/mol. The van der Waals surface area contributed by atoms with Crippen LogP contribution in [0.2, 0.25) is 0 Å². The first-order valence-electron chi connectivity index (χ1n) is 5.08. The van der Waals surface area contributed by atoms with E-state index in [0.717, 1.165) is 12.1 Å². The number of pyridine rings is 1. The van der Waals surface area contributed by atoms with Crippen molar-refractivity contribution in [2.75, 3.05) is 10.5 Å². The summed E-state index contributed by atoms with van der Waals surface area (Å²) < 4.78 is 39.7. The monoisotopic (exact) mass is 345 g/mol. The molecule has 0 saturated heterocycles. The molecule has 0 fully saturated rings. The highest BCUT2D eigenvalue weighted by Gasteiger charge is 2.20. The molecule has 19 heavy (non-hydrogen) atoms. The van der Waals surface area contributed by atoms with E-state index in [2.05, 4.69) is 25.6 Å². The summed E-state index contributed by atoms with van der Waals surface area (Å²) in [4.78, 5) is 3.73. The van der Waals surface area contributed by atoms with Crippen LogP contribution < -0.4 is 10.5 Å². The second kappa shape index (κ2) is 5.14. The van der Waals surface area contributed by atoms with Crippen LogP contribution >= 0.6 is 15.9 Å². The molecule has 0 bridgehead atoms. The smallest absolute Gasteiger partial charge is 0.281 e. The van der Waals surface area contributed by atoms with Gasteiger partial charge in [-0.25, -0.2) is 9.37 Å². The summed E-state index contributed by atoms with van der Waals surface area (Å²) in [7, 11) is -3.92. The highest BCUT2D eigenvalue weighted by atomic mass is 79.9. The molecule has 0 atom stereocenters. The molecule has 2 rings (SSSR count). The fraction of sp³-hybridized carbons (Fsp3) is 0. The number of nitrogens with zero attached hydrogens (tertiary/aromatic N) is 1. The van der Waals surface area contributed by atoms with E-state index in [0.29, 0.717) is 0 Å². The number of hydrogen-bond donors (Lipinski definition) is 2. The van der Waals surface area contributed by atoms with E-state index in [4.69, 9.17) is 5.73 Å². The van der Waals surface area contributed by atoms with Gasteiger partial charge >= 0.3 is 0 Å². The lowest BCUT2D eigenvalue weighted by molar-refractivity contribution is 0.598.